The SMILES string of the molecule is Cn1cc(CCNC(=O)C2(C)CCCC2N)cn1. The van der Waals surface area contributed by atoms with Crippen LogP contribution in [-0.2, 0) is 18.3 Å². The van der Waals surface area contributed by atoms with Gasteiger partial charge in [-0.2, -0.15) is 5.10 Å². The van der Waals surface area contributed by atoms with Gasteiger partial charge in [0.25, 0.3) is 0 Å². The molecule has 0 aromatic carbocycles. The molecule has 1 saturated carbocycles. The zero-order valence-electron chi connectivity index (χ0n) is 11.1. The van der Waals surface area contributed by atoms with Crippen LogP contribution < -0.4 is 11.1 Å². The van der Waals surface area contributed by atoms with E-state index in [1.807, 2.05) is 26.4 Å². The molecule has 1 fully saturated rings. The Balaban J connectivity index is 1.81. The molecule has 2 atom stereocenters. The fraction of sp³-hybridized carbons (Fsp3) is 0.692. The van der Waals surface area contributed by atoms with Crippen molar-refractivity contribution < 1.29 is 4.79 Å². The third-order valence-corrected chi connectivity index (χ3v) is 4.01. The third kappa shape index (κ3) is 2.56. The van der Waals surface area contributed by atoms with Crippen molar-refractivity contribution in [3.63, 3.8) is 0 Å². The predicted molar refractivity (Wildman–Crippen MR) is 69.9 cm³/mol. The van der Waals surface area contributed by atoms with Gasteiger partial charge in [0.15, 0.2) is 0 Å². The van der Waals surface area contributed by atoms with Crippen LogP contribution >= 0.6 is 0 Å². The average molecular weight is 250 g/mol. The number of nitrogens with one attached hydrogen (secondary N) is 1. The van der Waals surface area contributed by atoms with Gasteiger partial charge in [0.2, 0.25) is 5.91 Å². The summed E-state index contributed by atoms with van der Waals surface area (Å²) in [6.07, 6.45) is 7.50. The lowest BCUT2D eigenvalue weighted by Gasteiger charge is -2.27. The first-order valence-electron chi connectivity index (χ1n) is 6.54. The molecule has 5 heteroatoms. The highest BCUT2D eigenvalue weighted by Gasteiger charge is 2.42. The lowest BCUT2D eigenvalue weighted by Crippen LogP contribution is -2.47. The molecule has 1 amide bonds. The molecule has 3 N–H and O–H groups in total. The molecule has 2 unspecified atom stereocenters. The molecule has 100 valence electrons. The van der Waals surface area contributed by atoms with Crippen molar-refractivity contribution >= 4 is 5.91 Å². The van der Waals surface area contributed by atoms with E-state index in [4.69, 9.17) is 5.73 Å². The van der Waals surface area contributed by atoms with Crippen LogP contribution in [0.4, 0.5) is 0 Å². The number of aromatic nitrogens is 2. The molecule has 5 nitrogen and oxygen atoms in total. The van der Waals surface area contributed by atoms with Crippen molar-refractivity contribution in [2.75, 3.05) is 6.54 Å². The molecule has 1 aromatic rings. The highest BCUT2D eigenvalue weighted by atomic mass is 16.2. The minimum atomic E-state index is -0.380. The van der Waals surface area contributed by atoms with Crippen molar-refractivity contribution in [3.05, 3.63) is 18.0 Å². The van der Waals surface area contributed by atoms with Crippen molar-refractivity contribution in [1.29, 1.82) is 0 Å². The second-order valence-electron chi connectivity index (χ2n) is 5.44. The summed E-state index contributed by atoms with van der Waals surface area (Å²) in [5.41, 5.74) is 6.78. The van der Waals surface area contributed by atoms with E-state index in [1.54, 1.807) is 4.68 Å². The van der Waals surface area contributed by atoms with E-state index in [0.29, 0.717) is 6.54 Å². The maximum Gasteiger partial charge on any atom is 0.227 e. The Morgan fingerprint density at radius 2 is 2.50 bits per heavy atom. The van der Waals surface area contributed by atoms with Gasteiger partial charge in [-0.3, -0.25) is 9.48 Å². The first-order chi connectivity index (χ1) is 8.52. The molecule has 0 saturated heterocycles. The third-order valence-electron chi connectivity index (χ3n) is 4.01. The molecular weight excluding hydrogens is 228 g/mol. The van der Waals surface area contributed by atoms with Gasteiger partial charge in [0.1, 0.15) is 0 Å². The topological polar surface area (TPSA) is 72.9 Å². The fourth-order valence-electron chi connectivity index (χ4n) is 2.60. The Labute approximate surface area is 108 Å². The first-order valence-corrected chi connectivity index (χ1v) is 6.54. The van der Waals surface area contributed by atoms with Gasteiger partial charge in [-0.25, -0.2) is 0 Å². The number of hydrogen-bond donors (Lipinski definition) is 2. The molecule has 18 heavy (non-hydrogen) atoms. The van der Waals surface area contributed by atoms with Gasteiger partial charge in [-0.1, -0.05) is 6.42 Å². The quantitative estimate of drug-likeness (QED) is 0.821. The normalized spacial score (nSPS) is 27.4. The monoisotopic (exact) mass is 250 g/mol. The number of carbonyl (C=O) groups is 1. The summed E-state index contributed by atoms with van der Waals surface area (Å²) in [4.78, 5) is 12.2. The minimum absolute atomic E-state index is 0.00380. The Bertz CT molecular complexity index is 428. The number of nitrogens with zero attached hydrogens (tertiary/aromatic N) is 2. The zero-order chi connectivity index (χ0) is 13.2. The summed E-state index contributed by atoms with van der Waals surface area (Å²) in [7, 11) is 1.89. The number of hydrogen-bond acceptors (Lipinski definition) is 3. The number of aryl methyl sites for hydroxylation is 1. The molecule has 1 aliphatic carbocycles. The van der Waals surface area contributed by atoms with Crippen LogP contribution in [-0.4, -0.2) is 28.3 Å². The van der Waals surface area contributed by atoms with E-state index < -0.39 is 0 Å². The number of rotatable bonds is 4. The second kappa shape index (κ2) is 5.10. The van der Waals surface area contributed by atoms with E-state index in [9.17, 15) is 4.79 Å². The lowest BCUT2D eigenvalue weighted by molar-refractivity contribution is -0.130. The Kier molecular flexibility index (Phi) is 3.71. The molecule has 2 rings (SSSR count). The Morgan fingerprint density at radius 1 is 1.72 bits per heavy atom. The van der Waals surface area contributed by atoms with Crippen LogP contribution in [0.1, 0.15) is 31.7 Å². The van der Waals surface area contributed by atoms with Crippen LogP contribution in [0.2, 0.25) is 0 Å². The molecule has 0 bridgehead atoms. The maximum atomic E-state index is 12.2. The smallest absolute Gasteiger partial charge is 0.227 e. The minimum Gasteiger partial charge on any atom is -0.355 e. The molecule has 0 spiro atoms. The molecule has 0 radical (unpaired) electrons. The summed E-state index contributed by atoms with van der Waals surface area (Å²) in [5.74, 6) is 0.0939. The number of amides is 1. The number of nitrogens with two attached hydrogens (primary N) is 1. The summed E-state index contributed by atoms with van der Waals surface area (Å²) in [6.45, 7) is 2.62. The van der Waals surface area contributed by atoms with Gasteiger partial charge in [0.05, 0.1) is 11.6 Å². The molecule has 1 aliphatic rings. The maximum absolute atomic E-state index is 12.2. The second-order valence-corrected chi connectivity index (χ2v) is 5.44. The van der Waals surface area contributed by atoms with Gasteiger partial charge in [-0.15, -0.1) is 0 Å². The Morgan fingerprint density at radius 3 is 3.06 bits per heavy atom. The van der Waals surface area contributed by atoms with Crippen molar-refractivity contribution in [3.8, 4) is 0 Å². The van der Waals surface area contributed by atoms with Crippen LogP contribution in [0.25, 0.3) is 0 Å². The average Bonchev–Trinajstić information content (AvgIpc) is 2.88. The summed E-state index contributed by atoms with van der Waals surface area (Å²) in [6, 6.07) is -0.00380. The highest BCUT2D eigenvalue weighted by molar-refractivity contribution is 5.83. The van der Waals surface area contributed by atoms with E-state index in [-0.39, 0.29) is 17.4 Å². The zero-order valence-corrected chi connectivity index (χ0v) is 11.1. The van der Waals surface area contributed by atoms with Gasteiger partial charge >= 0.3 is 0 Å². The largest absolute Gasteiger partial charge is 0.355 e. The number of carbonyl (C=O) groups excluding carboxylic acids is 1. The van der Waals surface area contributed by atoms with Crippen LogP contribution in [0, 0.1) is 5.41 Å². The summed E-state index contributed by atoms with van der Waals surface area (Å²) < 4.78 is 1.77. The summed E-state index contributed by atoms with van der Waals surface area (Å²) >= 11 is 0. The van der Waals surface area contributed by atoms with Crippen LogP contribution in [0.15, 0.2) is 12.4 Å². The van der Waals surface area contributed by atoms with Gasteiger partial charge in [0, 0.05) is 25.8 Å². The molecular formula is C13H22N4O. The van der Waals surface area contributed by atoms with Gasteiger partial charge < -0.3 is 11.1 Å². The lowest BCUT2D eigenvalue weighted by atomic mass is 9.84. The standard InChI is InChI=1S/C13H22N4O/c1-13(6-3-4-11(13)14)12(18)15-7-5-10-8-16-17(2)9-10/h8-9,11H,3-7,14H2,1-2H3,(H,15,18). The molecule has 0 aliphatic heterocycles. The van der Waals surface area contributed by atoms with E-state index >= 15 is 0 Å². The van der Waals surface area contributed by atoms with Crippen molar-refractivity contribution in [2.24, 2.45) is 18.2 Å². The van der Waals surface area contributed by atoms with E-state index in [1.165, 1.54) is 0 Å². The van der Waals surface area contributed by atoms with E-state index in [2.05, 4.69) is 10.4 Å². The van der Waals surface area contributed by atoms with E-state index in [0.717, 1.165) is 31.2 Å². The highest BCUT2D eigenvalue weighted by Crippen LogP contribution is 2.36. The van der Waals surface area contributed by atoms with Crippen LogP contribution in [0.5, 0.6) is 0 Å². The fourth-order valence-corrected chi connectivity index (χ4v) is 2.60. The van der Waals surface area contributed by atoms with Crippen molar-refractivity contribution in [2.45, 2.75) is 38.6 Å². The Hall–Kier alpha value is -1.36. The van der Waals surface area contributed by atoms with Crippen LogP contribution in [0.3, 0.4) is 0 Å². The summed E-state index contributed by atoms with van der Waals surface area (Å²) in [5, 5.41) is 7.10. The predicted octanol–water partition coefficient (Wildman–Crippen LogP) is 0.596. The van der Waals surface area contributed by atoms with Gasteiger partial charge in [-0.05, 0) is 31.7 Å². The molecule has 1 heterocycles. The van der Waals surface area contributed by atoms with Crippen molar-refractivity contribution in [1.82, 2.24) is 15.1 Å². The molecule has 1 aromatic heterocycles. The first kappa shape index (κ1) is 13.1.